The van der Waals surface area contributed by atoms with Gasteiger partial charge in [0.2, 0.25) is 11.7 Å². The zero-order chi connectivity index (χ0) is 18.1. The Balaban J connectivity index is 1.58. The lowest BCUT2D eigenvalue weighted by Crippen LogP contribution is -2.32. The maximum absolute atomic E-state index is 12.8. The number of amides is 1. The molecule has 8 heteroatoms. The molecule has 3 heterocycles. The van der Waals surface area contributed by atoms with E-state index in [4.69, 9.17) is 9.26 Å². The van der Waals surface area contributed by atoms with Gasteiger partial charge in [0.05, 0.1) is 7.11 Å². The topological polar surface area (TPSA) is 86.3 Å². The van der Waals surface area contributed by atoms with Gasteiger partial charge in [-0.05, 0) is 43.2 Å². The molecular formula is C18H19N5O3. The summed E-state index contributed by atoms with van der Waals surface area (Å²) in [5, 5.41) is 8.15. The second-order valence-electron chi connectivity index (χ2n) is 6.18. The Morgan fingerprint density at radius 1 is 1.27 bits per heavy atom. The predicted molar refractivity (Wildman–Crippen MR) is 92.5 cm³/mol. The first-order valence-corrected chi connectivity index (χ1v) is 8.44. The predicted octanol–water partition coefficient (Wildman–Crippen LogP) is 2.46. The van der Waals surface area contributed by atoms with Crippen LogP contribution in [0.5, 0.6) is 5.75 Å². The molecule has 1 aliphatic heterocycles. The lowest BCUT2D eigenvalue weighted by Gasteiger charge is -2.21. The van der Waals surface area contributed by atoms with Gasteiger partial charge in [-0.15, -0.1) is 0 Å². The van der Waals surface area contributed by atoms with E-state index in [1.165, 1.54) is 0 Å². The fourth-order valence-electron chi connectivity index (χ4n) is 3.23. The molecule has 1 amide bonds. The van der Waals surface area contributed by atoms with Crippen molar-refractivity contribution in [3.8, 4) is 17.1 Å². The number of hydrogen-bond donors (Lipinski definition) is 0. The first-order valence-electron chi connectivity index (χ1n) is 8.44. The molecule has 4 rings (SSSR count). The molecule has 0 saturated carbocycles. The summed E-state index contributed by atoms with van der Waals surface area (Å²) < 4.78 is 12.2. The van der Waals surface area contributed by atoms with Gasteiger partial charge in [0.1, 0.15) is 17.5 Å². The SMILES string of the molecule is COc1ccc(-c2noc([C@H]3CCCN3C(=O)c3ccnn3C)n2)cc1. The number of methoxy groups -OCH3 is 1. The van der Waals surface area contributed by atoms with Crippen LogP contribution in [0.3, 0.4) is 0 Å². The zero-order valence-electron chi connectivity index (χ0n) is 14.6. The molecule has 1 aromatic carbocycles. The van der Waals surface area contributed by atoms with E-state index >= 15 is 0 Å². The summed E-state index contributed by atoms with van der Waals surface area (Å²) in [6, 6.07) is 8.95. The first kappa shape index (κ1) is 16.3. The highest BCUT2D eigenvalue weighted by atomic mass is 16.5. The highest BCUT2D eigenvalue weighted by Gasteiger charge is 2.35. The van der Waals surface area contributed by atoms with E-state index in [0.29, 0.717) is 24.0 Å². The summed E-state index contributed by atoms with van der Waals surface area (Å²) in [6.45, 7) is 0.662. The molecule has 0 aliphatic carbocycles. The molecule has 0 unspecified atom stereocenters. The van der Waals surface area contributed by atoms with Crippen molar-refractivity contribution in [1.29, 1.82) is 0 Å². The number of rotatable bonds is 4. The average molecular weight is 353 g/mol. The van der Waals surface area contributed by atoms with Crippen LogP contribution in [-0.4, -0.2) is 44.4 Å². The van der Waals surface area contributed by atoms with Crippen LogP contribution in [0, 0.1) is 0 Å². The first-order chi connectivity index (χ1) is 12.7. The lowest BCUT2D eigenvalue weighted by atomic mass is 10.2. The number of nitrogens with zero attached hydrogens (tertiary/aromatic N) is 5. The largest absolute Gasteiger partial charge is 0.497 e. The standard InChI is InChI=1S/C18H19N5O3/c1-22-15(9-10-19-22)18(24)23-11-3-4-14(23)17-20-16(21-26-17)12-5-7-13(25-2)8-6-12/h5-10,14H,3-4,11H2,1-2H3/t14-/m1/s1. The van der Waals surface area contributed by atoms with E-state index in [1.54, 1.807) is 36.0 Å². The Kier molecular flexibility index (Phi) is 4.16. The van der Waals surface area contributed by atoms with Crippen molar-refractivity contribution < 1.29 is 14.1 Å². The molecule has 1 fully saturated rings. The van der Waals surface area contributed by atoms with E-state index in [2.05, 4.69) is 15.2 Å². The number of aryl methyl sites for hydroxylation is 1. The Bertz CT molecular complexity index is 915. The van der Waals surface area contributed by atoms with Crippen LogP contribution in [0.2, 0.25) is 0 Å². The average Bonchev–Trinajstić information content (AvgIpc) is 3.41. The molecule has 1 aliphatic rings. The van der Waals surface area contributed by atoms with Crippen LogP contribution in [0.4, 0.5) is 0 Å². The number of carbonyl (C=O) groups is 1. The number of benzene rings is 1. The summed E-state index contributed by atoms with van der Waals surface area (Å²) >= 11 is 0. The second-order valence-corrected chi connectivity index (χ2v) is 6.18. The van der Waals surface area contributed by atoms with Crippen LogP contribution in [0.15, 0.2) is 41.1 Å². The van der Waals surface area contributed by atoms with Crippen LogP contribution >= 0.6 is 0 Å². The third-order valence-corrected chi connectivity index (χ3v) is 4.63. The van der Waals surface area contributed by atoms with Crippen molar-refractivity contribution in [1.82, 2.24) is 24.8 Å². The van der Waals surface area contributed by atoms with E-state index in [-0.39, 0.29) is 11.9 Å². The molecule has 1 atom stereocenters. The molecule has 2 aromatic heterocycles. The molecular weight excluding hydrogens is 334 g/mol. The third kappa shape index (κ3) is 2.83. The zero-order valence-corrected chi connectivity index (χ0v) is 14.6. The van der Waals surface area contributed by atoms with Crippen LogP contribution < -0.4 is 4.74 Å². The minimum atomic E-state index is -0.211. The number of aromatic nitrogens is 4. The van der Waals surface area contributed by atoms with Crippen molar-refractivity contribution in [2.75, 3.05) is 13.7 Å². The summed E-state index contributed by atoms with van der Waals surface area (Å²) in [4.78, 5) is 19.1. The van der Waals surface area contributed by atoms with Gasteiger partial charge in [-0.2, -0.15) is 10.1 Å². The van der Waals surface area contributed by atoms with E-state index in [0.717, 1.165) is 24.2 Å². The highest BCUT2D eigenvalue weighted by molar-refractivity contribution is 5.92. The minimum Gasteiger partial charge on any atom is -0.497 e. The van der Waals surface area contributed by atoms with E-state index in [9.17, 15) is 4.79 Å². The van der Waals surface area contributed by atoms with Crippen LogP contribution in [0.1, 0.15) is 35.3 Å². The molecule has 3 aromatic rings. The van der Waals surface area contributed by atoms with Crippen molar-refractivity contribution >= 4 is 5.91 Å². The van der Waals surface area contributed by atoms with E-state index in [1.807, 2.05) is 24.3 Å². The highest BCUT2D eigenvalue weighted by Crippen LogP contribution is 2.33. The normalized spacial score (nSPS) is 16.8. The maximum Gasteiger partial charge on any atom is 0.272 e. The van der Waals surface area contributed by atoms with Gasteiger partial charge >= 0.3 is 0 Å². The Labute approximate surface area is 150 Å². The smallest absolute Gasteiger partial charge is 0.272 e. The fourth-order valence-corrected chi connectivity index (χ4v) is 3.23. The monoisotopic (exact) mass is 353 g/mol. The Hall–Kier alpha value is -3.16. The van der Waals surface area contributed by atoms with Gasteiger partial charge in [0.25, 0.3) is 5.91 Å². The Morgan fingerprint density at radius 3 is 2.77 bits per heavy atom. The third-order valence-electron chi connectivity index (χ3n) is 4.63. The number of likely N-dealkylation sites (tertiary alicyclic amines) is 1. The molecule has 134 valence electrons. The van der Waals surface area contributed by atoms with Gasteiger partial charge in [0.15, 0.2) is 0 Å². The minimum absolute atomic E-state index is 0.0725. The second kappa shape index (κ2) is 6.62. The van der Waals surface area contributed by atoms with Crippen molar-refractivity contribution in [3.05, 3.63) is 48.1 Å². The summed E-state index contributed by atoms with van der Waals surface area (Å²) in [5.41, 5.74) is 1.38. The van der Waals surface area contributed by atoms with Crippen molar-refractivity contribution in [2.45, 2.75) is 18.9 Å². The molecule has 0 spiro atoms. The molecule has 26 heavy (non-hydrogen) atoms. The quantitative estimate of drug-likeness (QED) is 0.716. The molecule has 0 radical (unpaired) electrons. The lowest BCUT2D eigenvalue weighted by molar-refractivity contribution is 0.0699. The molecule has 0 bridgehead atoms. The molecule has 8 nitrogen and oxygen atoms in total. The maximum atomic E-state index is 12.8. The molecule has 0 N–H and O–H groups in total. The summed E-state index contributed by atoms with van der Waals surface area (Å²) in [6.07, 6.45) is 3.31. The van der Waals surface area contributed by atoms with Crippen molar-refractivity contribution in [2.24, 2.45) is 7.05 Å². The Morgan fingerprint density at radius 2 is 2.08 bits per heavy atom. The van der Waals surface area contributed by atoms with Crippen LogP contribution in [-0.2, 0) is 7.05 Å². The number of carbonyl (C=O) groups excluding carboxylic acids is 1. The number of ether oxygens (including phenoxy) is 1. The fraction of sp³-hybridized carbons (Fsp3) is 0.333. The van der Waals surface area contributed by atoms with Crippen LogP contribution in [0.25, 0.3) is 11.4 Å². The van der Waals surface area contributed by atoms with Crippen molar-refractivity contribution in [3.63, 3.8) is 0 Å². The van der Waals surface area contributed by atoms with Gasteiger partial charge in [-0.1, -0.05) is 5.16 Å². The van der Waals surface area contributed by atoms with Gasteiger partial charge in [-0.25, -0.2) is 0 Å². The number of hydrogen-bond acceptors (Lipinski definition) is 6. The van der Waals surface area contributed by atoms with Gasteiger partial charge in [0, 0.05) is 25.4 Å². The van der Waals surface area contributed by atoms with E-state index < -0.39 is 0 Å². The van der Waals surface area contributed by atoms with Gasteiger partial charge < -0.3 is 14.2 Å². The van der Waals surface area contributed by atoms with Gasteiger partial charge in [-0.3, -0.25) is 9.48 Å². The summed E-state index contributed by atoms with van der Waals surface area (Å²) in [5.74, 6) is 1.66. The summed E-state index contributed by atoms with van der Waals surface area (Å²) in [7, 11) is 3.38. The molecule has 1 saturated heterocycles.